The van der Waals surface area contributed by atoms with Gasteiger partial charge in [0.2, 0.25) is 0 Å². The average molecular weight is 434 g/mol. The lowest BCUT2D eigenvalue weighted by Gasteiger charge is -2.08. The van der Waals surface area contributed by atoms with Crippen molar-refractivity contribution in [3.63, 3.8) is 0 Å². The van der Waals surface area contributed by atoms with E-state index in [0.717, 1.165) is 47.0 Å². The Morgan fingerprint density at radius 3 is 2.50 bits per heavy atom. The van der Waals surface area contributed by atoms with Crippen molar-refractivity contribution in [1.82, 2.24) is 19.3 Å². The van der Waals surface area contributed by atoms with Crippen LogP contribution in [0.15, 0.2) is 48.5 Å². The van der Waals surface area contributed by atoms with Crippen molar-refractivity contribution in [3.8, 4) is 11.5 Å². The molecule has 1 amide bonds. The van der Waals surface area contributed by atoms with E-state index in [4.69, 9.17) is 14.5 Å². The van der Waals surface area contributed by atoms with Gasteiger partial charge in [-0.2, -0.15) is 5.10 Å². The van der Waals surface area contributed by atoms with Gasteiger partial charge in [0.25, 0.3) is 5.91 Å². The van der Waals surface area contributed by atoms with Crippen molar-refractivity contribution in [2.45, 2.75) is 26.8 Å². The van der Waals surface area contributed by atoms with Gasteiger partial charge in [-0.3, -0.25) is 9.48 Å². The standard InChI is InChI=1S/C24H27N5O3/c1-16-13-17(2)29(27-16)12-11-23-26-21-14-18(5-10-22(21)28(23)3)25-24(30)15-32-20-8-6-19(31-4)7-9-20/h5-10,13-14H,11-12,15H2,1-4H3,(H,25,30). The molecule has 0 radical (unpaired) electrons. The molecule has 0 saturated carbocycles. The van der Waals surface area contributed by atoms with Crippen LogP contribution in [0.1, 0.15) is 17.2 Å². The van der Waals surface area contributed by atoms with Gasteiger partial charge in [-0.1, -0.05) is 0 Å². The molecule has 0 atom stereocenters. The van der Waals surface area contributed by atoms with Crippen molar-refractivity contribution in [2.75, 3.05) is 19.0 Å². The molecule has 4 aromatic rings. The number of imidazole rings is 1. The van der Waals surface area contributed by atoms with Gasteiger partial charge in [0.1, 0.15) is 17.3 Å². The van der Waals surface area contributed by atoms with Crippen molar-refractivity contribution in [1.29, 1.82) is 0 Å². The van der Waals surface area contributed by atoms with E-state index in [9.17, 15) is 4.79 Å². The van der Waals surface area contributed by atoms with Crippen molar-refractivity contribution < 1.29 is 14.3 Å². The van der Waals surface area contributed by atoms with E-state index in [1.807, 2.05) is 36.9 Å². The van der Waals surface area contributed by atoms with E-state index in [1.165, 1.54) is 0 Å². The lowest BCUT2D eigenvalue weighted by molar-refractivity contribution is -0.118. The van der Waals surface area contributed by atoms with Crippen LogP contribution in [0.2, 0.25) is 0 Å². The van der Waals surface area contributed by atoms with E-state index >= 15 is 0 Å². The molecule has 1 N–H and O–H groups in total. The molecule has 8 heteroatoms. The first kappa shape index (κ1) is 21.4. The number of carbonyl (C=O) groups excluding carboxylic acids is 1. The monoisotopic (exact) mass is 433 g/mol. The highest BCUT2D eigenvalue weighted by Gasteiger charge is 2.11. The zero-order valence-electron chi connectivity index (χ0n) is 18.8. The molecule has 0 aliphatic heterocycles. The van der Waals surface area contributed by atoms with Gasteiger partial charge >= 0.3 is 0 Å². The molecular formula is C24H27N5O3. The number of anilines is 1. The molecule has 0 unspecified atom stereocenters. The zero-order valence-corrected chi connectivity index (χ0v) is 18.8. The summed E-state index contributed by atoms with van der Waals surface area (Å²) in [4.78, 5) is 17.1. The van der Waals surface area contributed by atoms with E-state index in [1.54, 1.807) is 31.4 Å². The summed E-state index contributed by atoms with van der Waals surface area (Å²) in [6, 6.07) is 14.9. The number of ether oxygens (including phenoxy) is 2. The third kappa shape index (κ3) is 4.74. The molecule has 0 saturated heterocycles. The summed E-state index contributed by atoms with van der Waals surface area (Å²) < 4.78 is 14.7. The number of hydrogen-bond donors (Lipinski definition) is 1. The van der Waals surface area contributed by atoms with Gasteiger partial charge in [0.05, 0.1) is 23.8 Å². The van der Waals surface area contributed by atoms with Crippen molar-refractivity contribution in [3.05, 3.63) is 65.7 Å². The first-order valence-electron chi connectivity index (χ1n) is 10.5. The van der Waals surface area contributed by atoms with E-state index in [0.29, 0.717) is 11.4 Å². The number of carbonyl (C=O) groups is 1. The van der Waals surface area contributed by atoms with Crippen LogP contribution in [0.4, 0.5) is 5.69 Å². The van der Waals surface area contributed by atoms with Gasteiger partial charge in [-0.05, 0) is 62.4 Å². The van der Waals surface area contributed by atoms with Gasteiger partial charge in [-0.25, -0.2) is 4.98 Å². The number of hydrogen-bond acceptors (Lipinski definition) is 5. The van der Waals surface area contributed by atoms with Crippen LogP contribution in [0.5, 0.6) is 11.5 Å². The smallest absolute Gasteiger partial charge is 0.262 e. The van der Waals surface area contributed by atoms with Gasteiger partial charge in [0.15, 0.2) is 6.61 Å². The third-order valence-corrected chi connectivity index (χ3v) is 5.34. The fourth-order valence-electron chi connectivity index (χ4n) is 3.68. The Balaban J connectivity index is 1.39. The molecule has 2 heterocycles. The highest BCUT2D eigenvalue weighted by molar-refractivity contribution is 5.94. The Morgan fingerprint density at radius 1 is 1.06 bits per heavy atom. The van der Waals surface area contributed by atoms with Crippen LogP contribution in [0.25, 0.3) is 11.0 Å². The largest absolute Gasteiger partial charge is 0.497 e. The second-order valence-corrected chi connectivity index (χ2v) is 7.70. The number of nitrogens with one attached hydrogen (secondary N) is 1. The maximum Gasteiger partial charge on any atom is 0.262 e. The quantitative estimate of drug-likeness (QED) is 0.459. The number of benzene rings is 2. The molecule has 0 spiro atoms. The molecule has 8 nitrogen and oxygen atoms in total. The average Bonchev–Trinajstić information content (AvgIpc) is 3.28. The van der Waals surface area contributed by atoms with E-state index in [-0.39, 0.29) is 12.5 Å². The Morgan fingerprint density at radius 2 is 1.81 bits per heavy atom. The van der Waals surface area contributed by atoms with Crippen LogP contribution >= 0.6 is 0 Å². The highest BCUT2D eigenvalue weighted by atomic mass is 16.5. The Bertz CT molecular complexity index is 1240. The second kappa shape index (κ2) is 9.13. The first-order valence-corrected chi connectivity index (χ1v) is 10.5. The SMILES string of the molecule is COc1ccc(OCC(=O)Nc2ccc3c(c2)nc(CCn2nc(C)cc2C)n3C)cc1. The van der Waals surface area contributed by atoms with Crippen LogP contribution in [-0.2, 0) is 24.8 Å². The van der Waals surface area contributed by atoms with Gasteiger partial charge in [-0.15, -0.1) is 0 Å². The summed E-state index contributed by atoms with van der Waals surface area (Å²) >= 11 is 0. The Kier molecular flexibility index (Phi) is 6.11. The maximum atomic E-state index is 12.3. The molecule has 2 aromatic carbocycles. The Labute approximate surface area is 186 Å². The van der Waals surface area contributed by atoms with Gasteiger partial charge in [0, 0.05) is 31.4 Å². The summed E-state index contributed by atoms with van der Waals surface area (Å²) in [5.74, 6) is 2.08. The number of amides is 1. The number of aryl methyl sites for hydroxylation is 5. The van der Waals surface area contributed by atoms with Crippen molar-refractivity contribution >= 4 is 22.6 Å². The summed E-state index contributed by atoms with van der Waals surface area (Å²) in [5.41, 5.74) is 4.70. The minimum absolute atomic E-state index is 0.0829. The molecule has 32 heavy (non-hydrogen) atoms. The molecule has 0 aliphatic rings. The highest BCUT2D eigenvalue weighted by Crippen LogP contribution is 2.21. The molecule has 0 aliphatic carbocycles. The summed E-state index contributed by atoms with van der Waals surface area (Å²) in [7, 11) is 3.61. The van der Waals surface area contributed by atoms with E-state index in [2.05, 4.69) is 28.0 Å². The van der Waals surface area contributed by atoms with Crippen LogP contribution in [0.3, 0.4) is 0 Å². The fraction of sp³-hybridized carbons (Fsp3) is 0.292. The van der Waals surface area contributed by atoms with Crippen LogP contribution in [0, 0.1) is 13.8 Å². The fourth-order valence-corrected chi connectivity index (χ4v) is 3.68. The van der Waals surface area contributed by atoms with Gasteiger partial charge < -0.3 is 19.4 Å². The first-order chi connectivity index (χ1) is 15.4. The second-order valence-electron chi connectivity index (χ2n) is 7.70. The topological polar surface area (TPSA) is 83.2 Å². The number of methoxy groups -OCH3 is 1. The summed E-state index contributed by atoms with van der Waals surface area (Å²) in [6.07, 6.45) is 0.768. The predicted molar refractivity (Wildman–Crippen MR) is 123 cm³/mol. The summed E-state index contributed by atoms with van der Waals surface area (Å²) in [5, 5.41) is 7.39. The molecular weight excluding hydrogens is 406 g/mol. The minimum atomic E-state index is -0.235. The Hall–Kier alpha value is -3.81. The summed E-state index contributed by atoms with van der Waals surface area (Å²) in [6.45, 7) is 4.74. The molecule has 0 fully saturated rings. The number of aromatic nitrogens is 4. The molecule has 166 valence electrons. The number of rotatable bonds is 8. The third-order valence-electron chi connectivity index (χ3n) is 5.34. The maximum absolute atomic E-state index is 12.3. The number of nitrogens with zero attached hydrogens (tertiary/aromatic N) is 4. The van der Waals surface area contributed by atoms with Crippen LogP contribution < -0.4 is 14.8 Å². The zero-order chi connectivity index (χ0) is 22.7. The molecule has 2 aromatic heterocycles. The minimum Gasteiger partial charge on any atom is -0.497 e. The predicted octanol–water partition coefficient (Wildman–Crippen LogP) is 3.66. The van der Waals surface area contributed by atoms with Crippen LogP contribution in [-0.4, -0.2) is 39.0 Å². The van der Waals surface area contributed by atoms with Crippen molar-refractivity contribution in [2.24, 2.45) is 7.05 Å². The normalized spacial score (nSPS) is 11.0. The lowest BCUT2D eigenvalue weighted by Crippen LogP contribution is -2.20. The lowest BCUT2D eigenvalue weighted by atomic mass is 10.2. The molecule has 0 bridgehead atoms. The molecule has 4 rings (SSSR count). The van der Waals surface area contributed by atoms with E-state index < -0.39 is 0 Å². The number of fused-ring (bicyclic) bond motifs is 1.